The predicted molar refractivity (Wildman–Crippen MR) is 112 cm³/mol. The summed E-state index contributed by atoms with van der Waals surface area (Å²) in [5, 5.41) is 0. The number of methoxy groups -OCH3 is 1. The van der Waals surface area contributed by atoms with Crippen LogP contribution in [0.2, 0.25) is 0 Å². The molecular formula is C22H35BO5. The van der Waals surface area contributed by atoms with Crippen LogP contribution in [0, 0.1) is 0 Å². The number of benzene rings is 1. The maximum Gasteiger partial charge on any atom is 0.466 e. The fraction of sp³-hybridized carbons (Fsp3) is 0.682. The molecule has 0 spiro atoms. The third kappa shape index (κ3) is 5.74. The van der Waals surface area contributed by atoms with Crippen LogP contribution in [0.4, 0.5) is 0 Å². The molecule has 0 bridgehead atoms. The molecule has 1 fully saturated rings. The predicted octanol–water partition coefficient (Wildman–Crippen LogP) is 4.92. The minimum absolute atomic E-state index is 0.199. The lowest BCUT2D eigenvalue weighted by molar-refractivity contribution is -0.140. The second-order valence-electron chi connectivity index (χ2n) is 8.49. The first-order valence-electron chi connectivity index (χ1n) is 10.4. The topological polar surface area (TPSA) is 54.0 Å². The van der Waals surface area contributed by atoms with Crippen molar-refractivity contribution in [3.8, 4) is 5.75 Å². The molecule has 1 aromatic rings. The van der Waals surface area contributed by atoms with Gasteiger partial charge in [0.2, 0.25) is 0 Å². The van der Waals surface area contributed by atoms with Crippen molar-refractivity contribution in [3.05, 3.63) is 29.8 Å². The number of ether oxygens (including phenoxy) is 2. The zero-order valence-electron chi connectivity index (χ0n) is 18.2. The van der Waals surface area contributed by atoms with Gasteiger partial charge in [0.05, 0.1) is 31.3 Å². The molecule has 0 radical (unpaired) electrons. The molecule has 6 heteroatoms. The van der Waals surface area contributed by atoms with Crippen molar-refractivity contribution in [3.63, 3.8) is 0 Å². The standard InChI is InChI=1S/C22H35BO5/c1-7-8-9-10-15-26-18-13-11-17(12-14-18)19(16-20(24)25-6)23-27-21(2,3)22(4,5)28-23/h11-14,19H,7-10,15-16H2,1-6H3. The first-order valence-corrected chi connectivity index (χ1v) is 10.4. The van der Waals surface area contributed by atoms with E-state index in [9.17, 15) is 4.79 Å². The molecule has 0 aliphatic carbocycles. The number of hydrogen-bond donors (Lipinski definition) is 0. The van der Waals surface area contributed by atoms with Crippen molar-refractivity contribution in [1.82, 2.24) is 0 Å². The molecule has 1 aliphatic rings. The Hall–Kier alpha value is -1.53. The first-order chi connectivity index (χ1) is 13.2. The molecular weight excluding hydrogens is 355 g/mol. The lowest BCUT2D eigenvalue weighted by Gasteiger charge is -2.32. The molecule has 1 aliphatic heterocycles. The fourth-order valence-electron chi connectivity index (χ4n) is 3.22. The van der Waals surface area contributed by atoms with E-state index in [1.165, 1.54) is 26.4 Å². The van der Waals surface area contributed by atoms with Crippen LogP contribution in [0.15, 0.2) is 24.3 Å². The average Bonchev–Trinajstić information content (AvgIpc) is 2.87. The van der Waals surface area contributed by atoms with E-state index < -0.39 is 18.3 Å². The van der Waals surface area contributed by atoms with Crippen LogP contribution >= 0.6 is 0 Å². The summed E-state index contributed by atoms with van der Waals surface area (Å²) in [5.74, 6) is 0.314. The van der Waals surface area contributed by atoms with E-state index >= 15 is 0 Å². The Labute approximate surface area is 170 Å². The Morgan fingerprint density at radius 1 is 1.04 bits per heavy atom. The van der Waals surface area contributed by atoms with Crippen molar-refractivity contribution < 1.29 is 23.6 Å². The van der Waals surface area contributed by atoms with E-state index in [1.807, 2.05) is 52.0 Å². The molecule has 156 valence electrons. The highest BCUT2D eigenvalue weighted by Crippen LogP contribution is 2.42. The van der Waals surface area contributed by atoms with Gasteiger partial charge in [-0.25, -0.2) is 0 Å². The number of esters is 1. The normalized spacial score (nSPS) is 18.7. The van der Waals surface area contributed by atoms with E-state index in [0.29, 0.717) is 0 Å². The number of hydrogen-bond acceptors (Lipinski definition) is 5. The van der Waals surface area contributed by atoms with Crippen LogP contribution in [0.25, 0.3) is 0 Å². The van der Waals surface area contributed by atoms with Crippen LogP contribution < -0.4 is 4.74 Å². The van der Waals surface area contributed by atoms with Crippen LogP contribution in [-0.2, 0) is 18.8 Å². The van der Waals surface area contributed by atoms with Crippen LogP contribution in [0.1, 0.15) is 78.1 Å². The maximum atomic E-state index is 12.0. The van der Waals surface area contributed by atoms with Gasteiger partial charge in [-0.2, -0.15) is 0 Å². The number of unbranched alkanes of at least 4 members (excludes halogenated alkanes) is 3. The molecule has 1 heterocycles. The van der Waals surface area contributed by atoms with E-state index in [2.05, 4.69) is 6.92 Å². The Morgan fingerprint density at radius 2 is 1.64 bits per heavy atom. The van der Waals surface area contributed by atoms with Gasteiger partial charge in [0.15, 0.2) is 0 Å². The maximum absolute atomic E-state index is 12.0. The molecule has 1 saturated heterocycles. The molecule has 0 amide bonds. The van der Waals surface area contributed by atoms with Crippen LogP contribution in [0.3, 0.4) is 0 Å². The lowest BCUT2D eigenvalue weighted by atomic mass is 9.66. The van der Waals surface area contributed by atoms with E-state index in [1.54, 1.807) is 0 Å². The smallest absolute Gasteiger partial charge is 0.466 e. The van der Waals surface area contributed by atoms with Gasteiger partial charge in [0, 0.05) is 5.82 Å². The molecule has 28 heavy (non-hydrogen) atoms. The second-order valence-corrected chi connectivity index (χ2v) is 8.49. The number of carbonyl (C=O) groups excluding carboxylic acids is 1. The zero-order valence-corrected chi connectivity index (χ0v) is 18.2. The molecule has 1 atom stereocenters. The van der Waals surface area contributed by atoms with E-state index in [-0.39, 0.29) is 18.2 Å². The summed E-state index contributed by atoms with van der Waals surface area (Å²) in [6.07, 6.45) is 4.91. The zero-order chi connectivity index (χ0) is 20.8. The summed E-state index contributed by atoms with van der Waals surface area (Å²) in [4.78, 5) is 12.0. The van der Waals surface area contributed by atoms with Crippen molar-refractivity contribution in [2.75, 3.05) is 13.7 Å². The van der Waals surface area contributed by atoms with Gasteiger partial charge < -0.3 is 18.8 Å². The Balaban J connectivity index is 2.08. The Bertz CT molecular complexity index is 610. The van der Waals surface area contributed by atoms with Crippen molar-refractivity contribution in [2.24, 2.45) is 0 Å². The summed E-state index contributed by atoms with van der Waals surface area (Å²) in [7, 11) is 0.893. The van der Waals surface area contributed by atoms with Gasteiger partial charge in [-0.15, -0.1) is 0 Å². The van der Waals surface area contributed by atoms with Gasteiger partial charge in [-0.3, -0.25) is 4.79 Å². The van der Waals surface area contributed by atoms with Gasteiger partial charge in [-0.05, 0) is 51.8 Å². The number of rotatable bonds is 10. The molecule has 0 aromatic heterocycles. The quantitative estimate of drug-likeness (QED) is 0.322. The lowest BCUT2D eigenvalue weighted by Crippen LogP contribution is -2.41. The summed E-state index contributed by atoms with van der Waals surface area (Å²) < 4.78 is 23.1. The highest BCUT2D eigenvalue weighted by molar-refractivity contribution is 6.48. The molecule has 1 aromatic carbocycles. The summed E-state index contributed by atoms with van der Waals surface area (Å²) in [6.45, 7) is 11.0. The van der Waals surface area contributed by atoms with E-state index in [4.69, 9.17) is 18.8 Å². The third-order valence-corrected chi connectivity index (χ3v) is 5.79. The van der Waals surface area contributed by atoms with Crippen molar-refractivity contribution in [2.45, 2.75) is 83.7 Å². The van der Waals surface area contributed by atoms with Crippen LogP contribution in [0.5, 0.6) is 5.75 Å². The molecule has 2 rings (SSSR count). The molecule has 5 nitrogen and oxygen atoms in total. The summed E-state index contributed by atoms with van der Waals surface area (Å²) in [6, 6.07) is 7.87. The van der Waals surface area contributed by atoms with Gasteiger partial charge in [0.1, 0.15) is 5.75 Å². The van der Waals surface area contributed by atoms with Gasteiger partial charge in [-0.1, -0.05) is 38.3 Å². The summed E-state index contributed by atoms with van der Waals surface area (Å²) >= 11 is 0. The average molecular weight is 390 g/mol. The van der Waals surface area contributed by atoms with Crippen molar-refractivity contribution in [1.29, 1.82) is 0 Å². The highest BCUT2D eigenvalue weighted by Gasteiger charge is 2.54. The molecule has 0 saturated carbocycles. The van der Waals surface area contributed by atoms with Gasteiger partial charge >= 0.3 is 13.1 Å². The Kier molecular flexibility index (Phi) is 7.96. The molecule has 1 unspecified atom stereocenters. The fourth-order valence-corrected chi connectivity index (χ4v) is 3.22. The van der Waals surface area contributed by atoms with Crippen LogP contribution in [-0.4, -0.2) is 38.0 Å². The first kappa shape index (κ1) is 22.8. The minimum atomic E-state index is -0.509. The second kappa shape index (κ2) is 9.79. The van der Waals surface area contributed by atoms with Crippen molar-refractivity contribution >= 4 is 13.1 Å². The van der Waals surface area contributed by atoms with E-state index in [0.717, 1.165) is 24.3 Å². The summed E-state index contributed by atoms with van der Waals surface area (Å²) in [5.41, 5.74) is 0.0727. The highest BCUT2D eigenvalue weighted by atomic mass is 16.7. The number of carbonyl (C=O) groups is 1. The van der Waals surface area contributed by atoms with Gasteiger partial charge in [0.25, 0.3) is 0 Å². The SMILES string of the molecule is CCCCCCOc1ccc(C(CC(=O)OC)B2OC(C)(C)C(C)(C)O2)cc1. The monoisotopic (exact) mass is 390 g/mol. The largest absolute Gasteiger partial charge is 0.494 e. The third-order valence-electron chi connectivity index (χ3n) is 5.79. The molecule has 0 N–H and O–H groups in total. The minimum Gasteiger partial charge on any atom is -0.494 e. The Morgan fingerprint density at radius 3 is 2.18 bits per heavy atom.